The number of carbonyl (C=O) groups is 1. The Morgan fingerprint density at radius 1 is 1.27 bits per heavy atom. The van der Waals surface area contributed by atoms with Crippen LogP contribution in [0.3, 0.4) is 0 Å². The first-order chi connectivity index (χ1) is 10.7. The van der Waals surface area contributed by atoms with Crippen LogP contribution in [-0.2, 0) is 4.79 Å². The lowest BCUT2D eigenvalue weighted by molar-refractivity contribution is -0.119. The molecule has 3 aromatic rings. The highest BCUT2D eigenvalue weighted by Gasteiger charge is 2.12. The normalized spacial score (nSPS) is 12.6. The molecule has 1 amide bonds. The third-order valence-corrected chi connectivity index (χ3v) is 4.53. The van der Waals surface area contributed by atoms with Crippen molar-refractivity contribution in [3.63, 3.8) is 0 Å². The first-order valence-corrected chi connectivity index (χ1v) is 8.32. The predicted octanol–water partition coefficient (Wildman–Crippen LogP) is 2.89. The van der Waals surface area contributed by atoms with Crippen LogP contribution in [-0.4, -0.2) is 32.3 Å². The molecule has 0 aliphatic rings. The molecule has 2 aromatic heterocycles. The highest BCUT2D eigenvalue weighted by atomic mass is 32.2. The van der Waals surface area contributed by atoms with Gasteiger partial charge in [-0.15, -0.1) is 10.2 Å². The fourth-order valence-corrected chi connectivity index (χ4v) is 3.02. The smallest absolute Gasteiger partial charge is 0.230 e. The van der Waals surface area contributed by atoms with E-state index >= 15 is 0 Å². The van der Waals surface area contributed by atoms with Gasteiger partial charge in [0.2, 0.25) is 5.91 Å². The maximum Gasteiger partial charge on any atom is 0.230 e. The molecule has 0 fully saturated rings. The molecule has 6 heteroatoms. The van der Waals surface area contributed by atoms with Gasteiger partial charge in [-0.25, -0.2) is 0 Å². The van der Waals surface area contributed by atoms with Crippen molar-refractivity contribution in [3.05, 3.63) is 36.4 Å². The van der Waals surface area contributed by atoms with Crippen LogP contribution >= 0.6 is 11.8 Å². The number of thioether (sulfide) groups is 1. The number of hydrogen-bond acceptors (Lipinski definition) is 4. The summed E-state index contributed by atoms with van der Waals surface area (Å²) in [4.78, 5) is 11.9. The van der Waals surface area contributed by atoms with Crippen LogP contribution in [0, 0.1) is 0 Å². The van der Waals surface area contributed by atoms with Crippen molar-refractivity contribution in [3.8, 4) is 0 Å². The zero-order chi connectivity index (χ0) is 15.5. The molecule has 0 bridgehead atoms. The Labute approximate surface area is 133 Å². The van der Waals surface area contributed by atoms with Gasteiger partial charge in [0, 0.05) is 6.04 Å². The van der Waals surface area contributed by atoms with Gasteiger partial charge >= 0.3 is 0 Å². The number of amides is 1. The average Bonchev–Trinajstić information content (AvgIpc) is 2.96. The summed E-state index contributed by atoms with van der Waals surface area (Å²) >= 11 is 1.41. The molecule has 1 unspecified atom stereocenters. The molecule has 3 rings (SSSR count). The predicted molar refractivity (Wildman–Crippen MR) is 89.1 cm³/mol. The summed E-state index contributed by atoms with van der Waals surface area (Å²) in [6.45, 7) is 4.05. The number of nitrogens with one attached hydrogen (secondary N) is 1. The van der Waals surface area contributed by atoms with Gasteiger partial charge in [0.1, 0.15) is 0 Å². The van der Waals surface area contributed by atoms with E-state index in [1.165, 1.54) is 11.8 Å². The van der Waals surface area contributed by atoms with Crippen molar-refractivity contribution in [1.29, 1.82) is 0 Å². The molecule has 1 N–H and O–H groups in total. The van der Waals surface area contributed by atoms with Gasteiger partial charge in [0.15, 0.2) is 10.8 Å². The van der Waals surface area contributed by atoms with Crippen LogP contribution in [0.4, 0.5) is 0 Å². The van der Waals surface area contributed by atoms with Crippen LogP contribution < -0.4 is 5.32 Å². The largest absolute Gasteiger partial charge is 0.353 e. The van der Waals surface area contributed by atoms with E-state index in [9.17, 15) is 4.79 Å². The molecule has 2 heterocycles. The molecule has 0 aliphatic heterocycles. The van der Waals surface area contributed by atoms with Crippen molar-refractivity contribution < 1.29 is 4.79 Å². The van der Waals surface area contributed by atoms with E-state index < -0.39 is 0 Å². The molecule has 0 aliphatic carbocycles. The molecule has 1 atom stereocenters. The Morgan fingerprint density at radius 2 is 2.09 bits per heavy atom. The van der Waals surface area contributed by atoms with Crippen LogP contribution in [0.15, 0.2) is 41.6 Å². The van der Waals surface area contributed by atoms with Gasteiger partial charge in [-0.05, 0) is 36.9 Å². The Hall–Kier alpha value is -2.08. The quantitative estimate of drug-likeness (QED) is 0.736. The Balaban J connectivity index is 1.85. The lowest BCUT2D eigenvalue weighted by atomic mass is 10.2. The Morgan fingerprint density at radius 3 is 2.91 bits per heavy atom. The minimum atomic E-state index is 0.0244. The third-order valence-electron chi connectivity index (χ3n) is 3.60. The lowest BCUT2D eigenvalue weighted by Gasteiger charge is -2.10. The lowest BCUT2D eigenvalue weighted by Crippen LogP contribution is -2.33. The van der Waals surface area contributed by atoms with Crippen molar-refractivity contribution >= 4 is 34.2 Å². The van der Waals surface area contributed by atoms with E-state index in [4.69, 9.17) is 0 Å². The van der Waals surface area contributed by atoms with E-state index in [2.05, 4.69) is 28.5 Å². The molecule has 0 saturated heterocycles. The van der Waals surface area contributed by atoms with E-state index in [-0.39, 0.29) is 11.9 Å². The van der Waals surface area contributed by atoms with Crippen molar-refractivity contribution in [2.45, 2.75) is 31.5 Å². The summed E-state index contributed by atoms with van der Waals surface area (Å²) in [5.41, 5.74) is 1.85. The molecule has 0 saturated carbocycles. The highest BCUT2D eigenvalue weighted by molar-refractivity contribution is 7.99. The fraction of sp³-hybridized carbons (Fsp3) is 0.312. The zero-order valence-electron chi connectivity index (χ0n) is 12.6. The fourth-order valence-electron chi connectivity index (χ4n) is 2.25. The topological polar surface area (TPSA) is 59.3 Å². The third kappa shape index (κ3) is 2.92. The first kappa shape index (κ1) is 14.8. The number of rotatable bonds is 5. The number of para-hydroxylation sites is 1. The SMILES string of the molecule is CCC(C)NC(=O)CSc1nnc2ccc3ccccc3n12. The average molecular weight is 314 g/mol. The number of nitrogens with zero attached hydrogens (tertiary/aromatic N) is 3. The van der Waals surface area contributed by atoms with Crippen LogP contribution in [0.5, 0.6) is 0 Å². The molecular formula is C16H18N4OS. The number of fused-ring (bicyclic) bond motifs is 3. The second-order valence-electron chi connectivity index (χ2n) is 5.23. The summed E-state index contributed by atoms with van der Waals surface area (Å²) in [5, 5.41) is 13.2. The van der Waals surface area contributed by atoms with Gasteiger partial charge < -0.3 is 5.32 Å². The number of carbonyl (C=O) groups excluding carboxylic acids is 1. The van der Waals surface area contributed by atoms with E-state index in [0.29, 0.717) is 5.75 Å². The number of benzene rings is 1. The number of pyridine rings is 1. The van der Waals surface area contributed by atoms with Gasteiger partial charge in [-0.3, -0.25) is 9.20 Å². The summed E-state index contributed by atoms with van der Waals surface area (Å²) in [6.07, 6.45) is 0.926. The van der Waals surface area contributed by atoms with Gasteiger partial charge in [-0.1, -0.05) is 36.9 Å². The van der Waals surface area contributed by atoms with E-state index in [1.54, 1.807) is 0 Å². The molecule has 114 valence electrons. The standard InChI is InChI=1S/C16H18N4OS/c1-3-11(2)17-15(21)10-22-16-19-18-14-9-8-12-6-4-5-7-13(12)20(14)16/h4-9,11H,3,10H2,1-2H3,(H,17,21). The zero-order valence-corrected chi connectivity index (χ0v) is 13.4. The molecule has 22 heavy (non-hydrogen) atoms. The summed E-state index contributed by atoms with van der Waals surface area (Å²) in [7, 11) is 0. The monoisotopic (exact) mass is 314 g/mol. The molecule has 0 radical (unpaired) electrons. The van der Waals surface area contributed by atoms with Crippen LogP contribution in [0.25, 0.3) is 16.6 Å². The van der Waals surface area contributed by atoms with E-state index in [1.807, 2.05) is 41.7 Å². The molecule has 0 spiro atoms. The van der Waals surface area contributed by atoms with Gasteiger partial charge in [0.25, 0.3) is 0 Å². The Bertz CT molecular complexity index is 814. The molecule has 1 aromatic carbocycles. The minimum absolute atomic E-state index is 0.0244. The summed E-state index contributed by atoms with van der Waals surface area (Å²) in [5.74, 6) is 0.366. The number of aromatic nitrogens is 3. The van der Waals surface area contributed by atoms with Crippen LogP contribution in [0.1, 0.15) is 20.3 Å². The maximum absolute atomic E-state index is 11.9. The molecular weight excluding hydrogens is 296 g/mol. The summed E-state index contributed by atoms with van der Waals surface area (Å²) in [6, 6.07) is 12.3. The van der Waals surface area contributed by atoms with Gasteiger partial charge in [-0.2, -0.15) is 0 Å². The second-order valence-corrected chi connectivity index (χ2v) is 6.18. The van der Waals surface area contributed by atoms with Crippen molar-refractivity contribution in [1.82, 2.24) is 19.9 Å². The van der Waals surface area contributed by atoms with E-state index in [0.717, 1.165) is 28.1 Å². The summed E-state index contributed by atoms with van der Waals surface area (Å²) < 4.78 is 2.00. The maximum atomic E-state index is 11.9. The molecule has 5 nitrogen and oxygen atoms in total. The Kier molecular flexibility index (Phi) is 4.29. The van der Waals surface area contributed by atoms with Crippen LogP contribution in [0.2, 0.25) is 0 Å². The van der Waals surface area contributed by atoms with Crippen molar-refractivity contribution in [2.75, 3.05) is 5.75 Å². The minimum Gasteiger partial charge on any atom is -0.353 e. The van der Waals surface area contributed by atoms with Gasteiger partial charge in [0.05, 0.1) is 11.3 Å². The second kappa shape index (κ2) is 6.36. The number of hydrogen-bond donors (Lipinski definition) is 1. The highest BCUT2D eigenvalue weighted by Crippen LogP contribution is 2.22. The first-order valence-electron chi connectivity index (χ1n) is 7.34. The van der Waals surface area contributed by atoms with Crippen molar-refractivity contribution in [2.24, 2.45) is 0 Å².